The number of hydrogen-bond donors (Lipinski definition) is 2. The van der Waals surface area contributed by atoms with Crippen LogP contribution in [0.5, 0.6) is 0 Å². The van der Waals surface area contributed by atoms with E-state index in [4.69, 9.17) is 5.73 Å². The number of thiophene rings is 1. The minimum atomic E-state index is -1.12. The molecule has 0 aliphatic rings. The van der Waals surface area contributed by atoms with Crippen LogP contribution in [0.4, 0.5) is 8.78 Å². The number of carbonyl (C=O) groups is 1. The second-order valence-electron chi connectivity index (χ2n) is 9.63. The maximum atomic E-state index is 14.1. The van der Waals surface area contributed by atoms with Gasteiger partial charge in [0.05, 0.1) is 11.7 Å². The van der Waals surface area contributed by atoms with Crippen molar-refractivity contribution in [3.05, 3.63) is 111 Å². The van der Waals surface area contributed by atoms with Crippen LogP contribution in [0.3, 0.4) is 0 Å². The van der Waals surface area contributed by atoms with Gasteiger partial charge in [0, 0.05) is 42.5 Å². The molecule has 2 heterocycles. The minimum Gasteiger partial charge on any atom is -0.390 e. The molecule has 0 aliphatic carbocycles. The normalized spacial score (nSPS) is 12.9. The molecule has 0 fully saturated rings. The zero-order valence-corrected chi connectivity index (χ0v) is 22.6. The summed E-state index contributed by atoms with van der Waals surface area (Å²) in [6, 6.07) is 14.2. The zero-order valence-electron chi connectivity index (χ0n) is 21.8. The first-order chi connectivity index (χ1) is 18.2. The molecule has 4 rings (SSSR count). The molecular formula is C30H33F2N3O2S. The highest BCUT2D eigenvalue weighted by Gasteiger charge is 2.28. The Kier molecular flexibility index (Phi) is 8.76. The van der Waals surface area contributed by atoms with E-state index in [0.717, 1.165) is 39.1 Å². The maximum Gasteiger partial charge on any atom is 0.257 e. The molecule has 2 aromatic carbocycles. The molecule has 5 nitrogen and oxygen atoms in total. The van der Waals surface area contributed by atoms with Gasteiger partial charge in [-0.3, -0.25) is 4.79 Å². The van der Waals surface area contributed by atoms with E-state index in [1.807, 2.05) is 61.1 Å². The van der Waals surface area contributed by atoms with Crippen LogP contribution >= 0.6 is 11.3 Å². The SMILES string of the molecule is CCc1cccc(CN(CC(O)C(N)Cc2cc(F)cc(F)c2)C(=O)c2c(-n3cccc3)sc(C)c2C)c1. The number of halogens is 2. The number of nitrogens with zero attached hydrogens (tertiary/aromatic N) is 2. The fourth-order valence-corrected chi connectivity index (χ4v) is 5.67. The summed E-state index contributed by atoms with van der Waals surface area (Å²) in [5.74, 6) is -1.61. The number of benzene rings is 2. The Hall–Kier alpha value is -3.33. The molecule has 4 aromatic rings. The Bertz CT molecular complexity index is 1380. The van der Waals surface area contributed by atoms with Crippen LogP contribution < -0.4 is 5.73 Å². The fraction of sp³-hybridized carbons (Fsp3) is 0.300. The smallest absolute Gasteiger partial charge is 0.257 e. The highest BCUT2D eigenvalue weighted by Crippen LogP contribution is 2.32. The predicted octanol–water partition coefficient (Wildman–Crippen LogP) is 5.57. The monoisotopic (exact) mass is 537 g/mol. The number of aromatic nitrogens is 1. The van der Waals surface area contributed by atoms with Gasteiger partial charge in [0.2, 0.25) is 0 Å². The Balaban J connectivity index is 1.64. The molecule has 0 spiro atoms. The lowest BCUT2D eigenvalue weighted by atomic mass is 10.0. The van der Waals surface area contributed by atoms with Crippen LogP contribution in [0.1, 0.15) is 44.4 Å². The van der Waals surface area contributed by atoms with E-state index in [2.05, 4.69) is 13.0 Å². The average Bonchev–Trinajstić information content (AvgIpc) is 3.51. The third kappa shape index (κ3) is 6.38. The maximum absolute atomic E-state index is 14.1. The number of amides is 1. The van der Waals surface area contributed by atoms with E-state index < -0.39 is 23.8 Å². The molecule has 2 unspecified atom stereocenters. The third-order valence-corrected chi connectivity index (χ3v) is 8.00. The number of rotatable bonds is 10. The van der Waals surface area contributed by atoms with Crippen LogP contribution in [0.15, 0.2) is 67.0 Å². The van der Waals surface area contributed by atoms with Gasteiger partial charge < -0.3 is 20.3 Å². The Morgan fingerprint density at radius 2 is 1.68 bits per heavy atom. The molecule has 200 valence electrons. The topological polar surface area (TPSA) is 71.5 Å². The molecule has 2 aromatic heterocycles. The van der Waals surface area contributed by atoms with Crippen molar-refractivity contribution in [2.45, 2.75) is 52.3 Å². The van der Waals surface area contributed by atoms with E-state index >= 15 is 0 Å². The molecule has 2 atom stereocenters. The molecule has 0 aliphatic heterocycles. The molecule has 0 bridgehead atoms. The summed E-state index contributed by atoms with van der Waals surface area (Å²) in [6.45, 7) is 6.24. The van der Waals surface area contributed by atoms with Crippen molar-refractivity contribution >= 4 is 17.2 Å². The number of aliphatic hydroxyl groups excluding tert-OH is 1. The van der Waals surface area contributed by atoms with Gasteiger partial charge in [-0.1, -0.05) is 31.2 Å². The summed E-state index contributed by atoms with van der Waals surface area (Å²) < 4.78 is 29.3. The van der Waals surface area contributed by atoms with Gasteiger partial charge in [-0.25, -0.2) is 8.78 Å². The number of carbonyl (C=O) groups excluding carboxylic acids is 1. The molecule has 3 N–H and O–H groups in total. The van der Waals surface area contributed by atoms with Crippen LogP contribution in [0, 0.1) is 25.5 Å². The van der Waals surface area contributed by atoms with Crippen molar-refractivity contribution in [2.24, 2.45) is 5.73 Å². The van der Waals surface area contributed by atoms with E-state index in [-0.39, 0.29) is 25.4 Å². The first-order valence-electron chi connectivity index (χ1n) is 12.6. The summed E-state index contributed by atoms with van der Waals surface area (Å²) in [5.41, 5.74) is 10.2. The van der Waals surface area contributed by atoms with E-state index in [9.17, 15) is 18.7 Å². The lowest BCUT2D eigenvalue weighted by Gasteiger charge is -2.29. The van der Waals surface area contributed by atoms with Crippen LogP contribution in [0.2, 0.25) is 0 Å². The number of aryl methyl sites for hydroxylation is 2. The van der Waals surface area contributed by atoms with Crippen molar-refractivity contribution in [3.63, 3.8) is 0 Å². The molecular weight excluding hydrogens is 504 g/mol. The van der Waals surface area contributed by atoms with Crippen molar-refractivity contribution < 1.29 is 18.7 Å². The Morgan fingerprint density at radius 3 is 2.34 bits per heavy atom. The number of hydrogen-bond acceptors (Lipinski definition) is 4. The lowest BCUT2D eigenvalue weighted by Crippen LogP contribution is -2.46. The van der Waals surface area contributed by atoms with Gasteiger partial charge in [0.1, 0.15) is 16.6 Å². The highest BCUT2D eigenvalue weighted by atomic mass is 32.1. The van der Waals surface area contributed by atoms with Crippen LogP contribution in [-0.2, 0) is 19.4 Å². The minimum absolute atomic E-state index is 0.0341. The fourth-order valence-electron chi connectivity index (χ4n) is 4.56. The summed E-state index contributed by atoms with van der Waals surface area (Å²) >= 11 is 1.54. The van der Waals surface area contributed by atoms with E-state index in [1.165, 1.54) is 12.1 Å². The van der Waals surface area contributed by atoms with Gasteiger partial charge in [0.25, 0.3) is 5.91 Å². The predicted molar refractivity (Wildman–Crippen MR) is 148 cm³/mol. The Labute approximate surface area is 226 Å². The third-order valence-electron chi connectivity index (χ3n) is 6.78. The van der Waals surface area contributed by atoms with Crippen molar-refractivity contribution in [3.8, 4) is 5.00 Å². The number of aliphatic hydroxyl groups is 1. The van der Waals surface area contributed by atoms with Crippen molar-refractivity contribution in [1.82, 2.24) is 9.47 Å². The molecule has 8 heteroatoms. The van der Waals surface area contributed by atoms with Crippen molar-refractivity contribution in [2.75, 3.05) is 6.54 Å². The van der Waals surface area contributed by atoms with Gasteiger partial charge >= 0.3 is 0 Å². The summed E-state index contributed by atoms with van der Waals surface area (Å²) in [5, 5.41) is 11.9. The van der Waals surface area contributed by atoms with Crippen LogP contribution in [-0.4, -0.2) is 39.2 Å². The lowest BCUT2D eigenvalue weighted by molar-refractivity contribution is 0.0554. The quantitative estimate of drug-likeness (QED) is 0.278. The summed E-state index contributed by atoms with van der Waals surface area (Å²) in [6.07, 6.45) is 3.61. The van der Waals surface area contributed by atoms with Crippen LogP contribution in [0.25, 0.3) is 5.00 Å². The molecule has 0 saturated carbocycles. The van der Waals surface area contributed by atoms with Gasteiger partial charge in [-0.15, -0.1) is 11.3 Å². The van der Waals surface area contributed by atoms with Gasteiger partial charge in [0.15, 0.2) is 0 Å². The molecule has 0 saturated heterocycles. The summed E-state index contributed by atoms with van der Waals surface area (Å²) in [7, 11) is 0. The first kappa shape index (κ1) is 27.7. The molecule has 38 heavy (non-hydrogen) atoms. The largest absolute Gasteiger partial charge is 0.390 e. The number of nitrogens with two attached hydrogens (primary N) is 1. The Morgan fingerprint density at radius 1 is 1.03 bits per heavy atom. The second-order valence-corrected chi connectivity index (χ2v) is 10.8. The van der Waals surface area contributed by atoms with Gasteiger partial charge in [-0.05, 0) is 73.2 Å². The highest BCUT2D eigenvalue weighted by molar-refractivity contribution is 7.15. The van der Waals surface area contributed by atoms with E-state index in [1.54, 1.807) is 16.2 Å². The van der Waals surface area contributed by atoms with E-state index in [0.29, 0.717) is 11.1 Å². The second kappa shape index (κ2) is 12.0. The standard InChI is InChI=1S/C30H33F2N3O2S/c1-4-21-8-7-9-22(12-21)17-35(18-27(36)26(33)15-23-13-24(31)16-25(32)14-23)29(37)28-19(2)20(3)38-30(28)34-10-5-6-11-34/h5-14,16,26-27,36H,4,15,17-18,33H2,1-3H3. The first-order valence-corrected chi connectivity index (χ1v) is 13.5. The molecule has 0 radical (unpaired) electrons. The van der Waals surface area contributed by atoms with Crippen molar-refractivity contribution in [1.29, 1.82) is 0 Å². The van der Waals surface area contributed by atoms with Gasteiger partial charge in [-0.2, -0.15) is 0 Å². The summed E-state index contributed by atoms with van der Waals surface area (Å²) in [4.78, 5) is 16.8. The average molecular weight is 538 g/mol. The molecule has 1 amide bonds. The zero-order chi connectivity index (χ0) is 27.4.